The van der Waals surface area contributed by atoms with Gasteiger partial charge in [0.05, 0.1) is 6.54 Å². The van der Waals surface area contributed by atoms with E-state index in [-0.39, 0.29) is 6.54 Å². The first-order valence-corrected chi connectivity index (χ1v) is 11.7. The summed E-state index contributed by atoms with van der Waals surface area (Å²) in [7, 11) is 0. The topological polar surface area (TPSA) is 108 Å². The maximum Gasteiger partial charge on any atom is 0.317 e. The lowest BCUT2D eigenvalue weighted by molar-refractivity contribution is -0.138. The number of aliphatic carboxylic acids is 1. The first-order valence-electron chi connectivity index (χ1n) is 11.7. The Morgan fingerprint density at radius 3 is 2.56 bits per heavy atom. The normalized spacial score (nSPS) is 14.7. The number of carbonyl (C=O) groups is 1. The van der Waals surface area contributed by atoms with Gasteiger partial charge >= 0.3 is 5.97 Å². The van der Waals surface area contributed by atoms with Gasteiger partial charge in [-0.05, 0) is 60.8 Å². The van der Waals surface area contributed by atoms with E-state index >= 15 is 0 Å². The quantitative estimate of drug-likeness (QED) is 0.424. The Labute approximate surface area is 200 Å². The summed E-state index contributed by atoms with van der Waals surface area (Å²) >= 11 is 0. The third kappa shape index (κ3) is 6.84. The van der Waals surface area contributed by atoms with Gasteiger partial charge in [0.2, 0.25) is 0 Å². The molecule has 3 heterocycles. The first-order chi connectivity index (χ1) is 16.6. The van der Waals surface area contributed by atoms with Crippen LogP contribution in [0.1, 0.15) is 17.7 Å². The number of nitrogens with zero attached hydrogens (tertiary/aromatic N) is 4. The number of carboxylic acids is 1. The summed E-state index contributed by atoms with van der Waals surface area (Å²) in [6.07, 6.45) is 5.55. The zero-order valence-electron chi connectivity index (χ0n) is 19.4. The number of anilines is 2. The Morgan fingerprint density at radius 1 is 1.00 bits per heavy atom. The molecule has 4 N–H and O–H groups in total. The van der Waals surface area contributed by atoms with Gasteiger partial charge in [-0.1, -0.05) is 18.2 Å². The molecular formula is C26H32N6O2. The second-order valence-corrected chi connectivity index (χ2v) is 8.63. The Morgan fingerprint density at radius 2 is 1.82 bits per heavy atom. The van der Waals surface area contributed by atoms with Crippen molar-refractivity contribution in [1.29, 1.82) is 0 Å². The lowest BCUT2D eigenvalue weighted by atomic mass is 10.1. The van der Waals surface area contributed by atoms with Crippen LogP contribution in [-0.2, 0) is 17.8 Å². The van der Waals surface area contributed by atoms with Crippen LogP contribution in [0.5, 0.6) is 0 Å². The summed E-state index contributed by atoms with van der Waals surface area (Å²) in [5.74, 6) is 0.0184. The Balaban J connectivity index is 1.36. The van der Waals surface area contributed by atoms with Crippen LogP contribution in [0.2, 0.25) is 0 Å². The number of benzene rings is 1. The highest BCUT2D eigenvalue weighted by molar-refractivity contribution is 5.69. The summed E-state index contributed by atoms with van der Waals surface area (Å²) in [5.41, 5.74) is 11.0. The maximum absolute atomic E-state index is 10.9. The average molecular weight is 461 g/mol. The van der Waals surface area contributed by atoms with E-state index in [9.17, 15) is 4.79 Å². The molecule has 0 bridgehead atoms. The summed E-state index contributed by atoms with van der Waals surface area (Å²) in [6, 6.07) is 16.5. The predicted octanol–water partition coefficient (Wildman–Crippen LogP) is 2.98. The monoisotopic (exact) mass is 460 g/mol. The molecule has 1 aromatic carbocycles. The van der Waals surface area contributed by atoms with Gasteiger partial charge in [-0.2, -0.15) is 0 Å². The first kappa shape index (κ1) is 23.8. The van der Waals surface area contributed by atoms with Crippen LogP contribution >= 0.6 is 0 Å². The highest BCUT2D eigenvalue weighted by Crippen LogP contribution is 2.24. The fourth-order valence-corrected chi connectivity index (χ4v) is 4.16. The number of nitrogens with one attached hydrogen (secondary N) is 1. The van der Waals surface area contributed by atoms with Gasteiger partial charge in [0.15, 0.2) is 0 Å². The molecule has 1 saturated heterocycles. The van der Waals surface area contributed by atoms with Crippen molar-refractivity contribution in [2.24, 2.45) is 5.73 Å². The molecule has 0 unspecified atom stereocenters. The van der Waals surface area contributed by atoms with Crippen LogP contribution in [-0.4, -0.2) is 70.1 Å². The number of carboxylic acid groups (broad SMARTS) is 1. The molecule has 4 rings (SSSR count). The molecule has 34 heavy (non-hydrogen) atoms. The summed E-state index contributed by atoms with van der Waals surface area (Å²) in [5, 5.41) is 12.4. The molecule has 8 nitrogen and oxygen atoms in total. The highest BCUT2D eigenvalue weighted by atomic mass is 16.4. The minimum atomic E-state index is -0.763. The second-order valence-electron chi connectivity index (χ2n) is 8.63. The molecule has 3 aromatic rings. The molecule has 0 amide bonds. The van der Waals surface area contributed by atoms with Crippen molar-refractivity contribution in [3.63, 3.8) is 0 Å². The SMILES string of the molecule is NCCCc1ccc(-c2ccnc(Nc3cccc(CN4CCN(CC(=O)O)CC4)c3)c2)cn1. The molecule has 0 radical (unpaired) electrons. The largest absolute Gasteiger partial charge is 0.480 e. The van der Waals surface area contributed by atoms with E-state index in [0.717, 1.165) is 73.9 Å². The Kier molecular flexibility index (Phi) is 8.19. The van der Waals surface area contributed by atoms with E-state index in [4.69, 9.17) is 10.8 Å². The van der Waals surface area contributed by atoms with Crippen LogP contribution < -0.4 is 11.1 Å². The van der Waals surface area contributed by atoms with Gasteiger partial charge in [0.25, 0.3) is 0 Å². The smallest absolute Gasteiger partial charge is 0.317 e. The lowest BCUT2D eigenvalue weighted by Crippen LogP contribution is -2.47. The van der Waals surface area contributed by atoms with E-state index in [1.807, 2.05) is 35.4 Å². The molecular weight excluding hydrogens is 428 g/mol. The fourth-order valence-electron chi connectivity index (χ4n) is 4.16. The number of pyridine rings is 2. The van der Waals surface area contributed by atoms with Crippen molar-refractivity contribution in [3.05, 3.63) is 72.2 Å². The molecule has 0 spiro atoms. The number of hydrogen-bond donors (Lipinski definition) is 3. The second kappa shape index (κ2) is 11.7. The van der Waals surface area contributed by atoms with E-state index in [2.05, 4.69) is 44.5 Å². The van der Waals surface area contributed by atoms with Gasteiger partial charge in [-0.25, -0.2) is 4.98 Å². The van der Waals surface area contributed by atoms with Crippen molar-refractivity contribution >= 4 is 17.5 Å². The van der Waals surface area contributed by atoms with Crippen molar-refractivity contribution in [1.82, 2.24) is 19.8 Å². The van der Waals surface area contributed by atoms with E-state index < -0.39 is 5.97 Å². The number of aryl methyl sites for hydroxylation is 1. The van der Waals surface area contributed by atoms with Crippen LogP contribution in [0.4, 0.5) is 11.5 Å². The molecule has 1 aliphatic heterocycles. The third-order valence-electron chi connectivity index (χ3n) is 5.98. The predicted molar refractivity (Wildman–Crippen MR) is 134 cm³/mol. The molecule has 2 aromatic heterocycles. The average Bonchev–Trinajstić information content (AvgIpc) is 2.84. The molecule has 178 valence electrons. The maximum atomic E-state index is 10.9. The van der Waals surface area contributed by atoms with Gasteiger partial charge in [-0.15, -0.1) is 0 Å². The molecule has 0 atom stereocenters. The zero-order valence-corrected chi connectivity index (χ0v) is 19.4. The molecule has 1 aliphatic rings. The van der Waals surface area contributed by atoms with E-state index in [1.54, 1.807) is 6.20 Å². The van der Waals surface area contributed by atoms with E-state index in [0.29, 0.717) is 6.54 Å². The van der Waals surface area contributed by atoms with Gasteiger partial charge in [0, 0.05) is 62.1 Å². The molecule has 0 saturated carbocycles. The minimum absolute atomic E-state index is 0.119. The van der Waals surface area contributed by atoms with E-state index in [1.165, 1.54) is 5.56 Å². The van der Waals surface area contributed by atoms with Gasteiger partial charge in [0.1, 0.15) is 5.82 Å². The molecule has 8 heteroatoms. The van der Waals surface area contributed by atoms with Gasteiger partial charge in [-0.3, -0.25) is 19.6 Å². The molecule has 0 aliphatic carbocycles. The summed E-state index contributed by atoms with van der Waals surface area (Å²) in [6.45, 7) is 4.93. The zero-order chi connectivity index (χ0) is 23.8. The van der Waals surface area contributed by atoms with Crippen LogP contribution in [0.3, 0.4) is 0 Å². The summed E-state index contributed by atoms with van der Waals surface area (Å²) in [4.78, 5) is 24.3. The Bertz CT molecular complexity index is 1080. The number of hydrogen-bond acceptors (Lipinski definition) is 7. The van der Waals surface area contributed by atoms with Crippen molar-refractivity contribution < 1.29 is 9.90 Å². The van der Waals surface area contributed by atoms with Crippen molar-refractivity contribution in [2.75, 3.05) is 44.6 Å². The lowest BCUT2D eigenvalue weighted by Gasteiger charge is -2.33. The fraction of sp³-hybridized carbons (Fsp3) is 0.346. The highest BCUT2D eigenvalue weighted by Gasteiger charge is 2.18. The minimum Gasteiger partial charge on any atom is -0.480 e. The number of aromatic nitrogens is 2. The third-order valence-corrected chi connectivity index (χ3v) is 5.98. The Hall–Kier alpha value is -3.33. The molecule has 1 fully saturated rings. The standard InChI is InChI=1S/C26H32N6O2/c27-9-2-5-23-7-6-22(17-29-23)21-8-10-28-25(16-21)30-24-4-1-3-20(15-24)18-31-11-13-32(14-12-31)19-26(33)34/h1,3-4,6-8,10,15-17H,2,5,9,11-14,18-19,27H2,(H,28,30)(H,33,34). The van der Waals surface area contributed by atoms with Gasteiger partial charge < -0.3 is 16.2 Å². The summed E-state index contributed by atoms with van der Waals surface area (Å²) < 4.78 is 0. The number of nitrogens with two attached hydrogens (primary N) is 1. The van der Waals surface area contributed by atoms with Crippen LogP contribution in [0.15, 0.2) is 60.9 Å². The van der Waals surface area contributed by atoms with Crippen molar-refractivity contribution in [3.8, 4) is 11.1 Å². The number of rotatable bonds is 10. The number of piperazine rings is 1. The van der Waals surface area contributed by atoms with Crippen molar-refractivity contribution in [2.45, 2.75) is 19.4 Å². The van der Waals surface area contributed by atoms with Crippen LogP contribution in [0, 0.1) is 0 Å². The van der Waals surface area contributed by atoms with Crippen LogP contribution in [0.25, 0.3) is 11.1 Å².